The summed E-state index contributed by atoms with van der Waals surface area (Å²) < 4.78 is 29.1. The van der Waals surface area contributed by atoms with Crippen molar-refractivity contribution < 1.29 is 8.42 Å². The molecule has 0 spiro atoms. The molecule has 0 saturated heterocycles. The maximum Gasteiger partial charge on any atom is 0.264 e. The maximum absolute atomic E-state index is 13.2. The number of thioether (sulfide) groups is 1. The number of aryl methyl sites for hydroxylation is 1. The summed E-state index contributed by atoms with van der Waals surface area (Å²) in [6.07, 6.45) is 1.58. The molecule has 0 amide bonds. The van der Waals surface area contributed by atoms with E-state index in [9.17, 15) is 8.42 Å². The molecule has 9 heteroatoms. The number of anilines is 1. The molecule has 0 unspecified atom stereocenters. The number of nitriles is 1. The van der Waals surface area contributed by atoms with E-state index >= 15 is 0 Å². The monoisotopic (exact) mass is 485 g/mol. The molecule has 2 heterocycles. The molecule has 0 fully saturated rings. The fourth-order valence-electron chi connectivity index (χ4n) is 3.69. The molecule has 2 N–H and O–H groups in total. The number of H-pyrrole nitrogens is 1. The largest absolute Gasteiger partial charge is 0.333 e. The number of nitrogens with one attached hydrogen (secondary N) is 2. The molecule has 2 aromatic heterocycles. The van der Waals surface area contributed by atoms with Crippen molar-refractivity contribution in [3.8, 4) is 6.07 Å². The fourth-order valence-corrected chi connectivity index (χ4v) is 5.83. The number of aromatic nitrogens is 3. The molecule has 0 radical (unpaired) electrons. The summed E-state index contributed by atoms with van der Waals surface area (Å²) in [5, 5.41) is 10.4. The number of pyridine rings is 1. The van der Waals surface area contributed by atoms with Crippen molar-refractivity contribution in [2.75, 3.05) is 4.72 Å². The van der Waals surface area contributed by atoms with Gasteiger partial charge in [0.1, 0.15) is 4.90 Å². The van der Waals surface area contributed by atoms with Gasteiger partial charge >= 0.3 is 0 Å². The minimum absolute atomic E-state index is 0.130. The van der Waals surface area contributed by atoms with Crippen molar-refractivity contribution in [2.24, 2.45) is 0 Å². The van der Waals surface area contributed by atoms with Crippen LogP contribution in [0.2, 0.25) is 0 Å². The number of aromatic amines is 1. The number of fused-ring (bicyclic) bond motifs is 2. The number of rotatable bonds is 6. The first-order valence-electron chi connectivity index (χ1n) is 10.4. The SMILES string of the molecule is Cc1c(NS(=O)(=O)c2cccc3cccnc23)ccc2[nH]c(SCc3ccc(C#N)cc3)nc12. The highest BCUT2D eigenvalue weighted by atomic mass is 32.2. The van der Waals surface area contributed by atoms with E-state index in [1.807, 2.05) is 37.3 Å². The minimum atomic E-state index is -3.85. The van der Waals surface area contributed by atoms with Gasteiger partial charge in [-0.1, -0.05) is 42.1 Å². The molecule has 7 nitrogen and oxygen atoms in total. The topological polar surface area (TPSA) is 112 Å². The molecular formula is C25H19N5O2S2. The number of hydrogen-bond donors (Lipinski definition) is 2. The van der Waals surface area contributed by atoms with E-state index in [1.54, 1.807) is 54.4 Å². The standard InChI is InChI=1S/C25H19N5O2S2/c1-16-20(30-34(31,32)22-6-2-4-19-5-3-13-27-24(19)22)11-12-21-23(16)29-25(28-21)33-15-18-9-7-17(14-26)8-10-18/h2-13,30H,15H2,1H3,(H,28,29). The Labute approximate surface area is 200 Å². The zero-order valence-corrected chi connectivity index (χ0v) is 19.7. The Bertz CT molecular complexity index is 1660. The van der Waals surface area contributed by atoms with Crippen molar-refractivity contribution in [3.05, 3.63) is 89.6 Å². The average molecular weight is 486 g/mol. The van der Waals surface area contributed by atoms with Crippen molar-refractivity contribution in [3.63, 3.8) is 0 Å². The Morgan fingerprint density at radius 3 is 2.62 bits per heavy atom. The zero-order valence-electron chi connectivity index (χ0n) is 18.1. The van der Waals surface area contributed by atoms with E-state index in [0.717, 1.165) is 27.2 Å². The van der Waals surface area contributed by atoms with Gasteiger partial charge in [-0.15, -0.1) is 0 Å². The highest BCUT2D eigenvalue weighted by Gasteiger charge is 2.20. The second-order valence-corrected chi connectivity index (χ2v) is 10.3. The summed E-state index contributed by atoms with van der Waals surface area (Å²) in [5.74, 6) is 0.693. The third-order valence-corrected chi connectivity index (χ3v) is 7.82. The quantitative estimate of drug-likeness (QED) is 0.312. The first-order valence-corrected chi connectivity index (χ1v) is 12.9. The number of para-hydroxylation sites is 1. The van der Waals surface area contributed by atoms with Crippen molar-refractivity contribution in [1.82, 2.24) is 15.0 Å². The van der Waals surface area contributed by atoms with Crippen LogP contribution in [0, 0.1) is 18.3 Å². The van der Waals surface area contributed by atoms with Crippen molar-refractivity contribution >= 4 is 49.4 Å². The molecule has 5 aromatic rings. The number of nitrogens with zero attached hydrogens (tertiary/aromatic N) is 3. The van der Waals surface area contributed by atoms with Crippen LogP contribution in [-0.2, 0) is 15.8 Å². The maximum atomic E-state index is 13.2. The van der Waals surface area contributed by atoms with Crippen LogP contribution in [0.15, 0.2) is 83.0 Å². The van der Waals surface area contributed by atoms with Gasteiger partial charge in [-0.25, -0.2) is 13.4 Å². The van der Waals surface area contributed by atoms with Crippen molar-refractivity contribution in [1.29, 1.82) is 5.26 Å². The van der Waals surface area contributed by atoms with E-state index < -0.39 is 10.0 Å². The lowest BCUT2D eigenvalue weighted by atomic mass is 10.2. The molecule has 0 saturated carbocycles. The van der Waals surface area contributed by atoms with Gasteiger partial charge in [-0.05, 0) is 48.9 Å². The first-order chi connectivity index (χ1) is 16.4. The van der Waals surface area contributed by atoms with E-state index in [-0.39, 0.29) is 4.90 Å². The Balaban J connectivity index is 1.41. The molecule has 0 aliphatic carbocycles. The summed E-state index contributed by atoms with van der Waals surface area (Å²) in [4.78, 5) is 12.4. The smallest absolute Gasteiger partial charge is 0.264 e. The second kappa shape index (κ2) is 8.82. The van der Waals surface area contributed by atoms with Crippen LogP contribution in [0.5, 0.6) is 0 Å². The van der Waals surface area contributed by atoms with Crippen LogP contribution in [0.4, 0.5) is 5.69 Å². The third kappa shape index (κ3) is 4.21. The summed E-state index contributed by atoms with van der Waals surface area (Å²) >= 11 is 1.54. The summed E-state index contributed by atoms with van der Waals surface area (Å²) in [6, 6.07) is 21.8. The third-order valence-electron chi connectivity index (χ3n) is 5.47. The van der Waals surface area contributed by atoms with E-state index in [2.05, 4.69) is 25.7 Å². The molecule has 0 atom stereocenters. The molecular weight excluding hydrogens is 466 g/mol. The lowest BCUT2D eigenvalue weighted by Gasteiger charge is -2.12. The van der Waals surface area contributed by atoms with Gasteiger partial charge in [-0.3, -0.25) is 9.71 Å². The Morgan fingerprint density at radius 2 is 1.82 bits per heavy atom. The van der Waals surface area contributed by atoms with Crippen molar-refractivity contribution in [2.45, 2.75) is 22.7 Å². The summed E-state index contributed by atoms with van der Waals surface area (Å²) in [5.41, 5.74) is 4.87. The highest BCUT2D eigenvalue weighted by Crippen LogP contribution is 2.30. The van der Waals surface area contributed by atoms with E-state index in [4.69, 9.17) is 5.26 Å². The van der Waals surface area contributed by atoms with Gasteiger partial charge in [-0.2, -0.15) is 5.26 Å². The normalized spacial score (nSPS) is 11.5. The predicted octanol–water partition coefficient (Wildman–Crippen LogP) is 5.38. The van der Waals surface area contributed by atoms with E-state index in [1.165, 1.54) is 0 Å². The van der Waals surface area contributed by atoms with Crippen LogP contribution < -0.4 is 4.72 Å². The minimum Gasteiger partial charge on any atom is -0.333 e. The van der Waals surface area contributed by atoms with Gasteiger partial charge in [0.15, 0.2) is 5.16 Å². The highest BCUT2D eigenvalue weighted by molar-refractivity contribution is 7.98. The van der Waals surface area contributed by atoms with Crippen LogP contribution in [0.1, 0.15) is 16.7 Å². The Morgan fingerprint density at radius 1 is 1.03 bits per heavy atom. The van der Waals surface area contributed by atoms with Gasteiger partial charge < -0.3 is 4.98 Å². The zero-order chi connectivity index (χ0) is 23.7. The summed E-state index contributed by atoms with van der Waals surface area (Å²) in [7, 11) is -3.85. The second-order valence-electron chi connectivity index (χ2n) is 7.71. The van der Waals surface area contributed by atoms with E-state index in [0.29, 0.717) is 28.0 Å². The Hall–Kier alpha value is -3.87. The number of sulfonamides is 1. The lowest BCUT2D eigenvalue weighted by Crippen LogP contribution is -2.14. The molecule has 0 bridgehead atoms. The predicted molar refractivity (Wildman–Crippen MR) is 134 cm³/mol. The van der Waals surface area contributed by atoms with Crippen LogP contribution in [0.25, 0.3) is 21.9 Å². The van der Waals surface area contributed by atoms with Crippen LogP contribution in [-0.4, -0.2) is 23.4 Å². The number of hydrogen-bond acceptors (Lipinski definition) is 6. The van der Waals surface area contributed by atoms with Crippen LogP contribution >= 0.6 is 11.8 Å². The van der Waals surface area contributed by atoms with Crippen LogP contribution in [0.3, 0.4) is 0 Å². The number of imidazole rings is 1. The van der Waals surface area contributed by atoms with Gasteiger partial charge in [0.25, 0.3) is 10.0 Å². The molecule has 0 aliphatic rings. The number of benzene rings is 3. The Kier molecular flexibility index (Phi) is 5.69. The molecule has 0 aliphatic heterocycles. The molecule has 34 heavy (non-hydrogen) atoms. The molecule has 3 aromatic carbocycles. The first kappa shape index (κ1) is 21.9. The lowest BCUT2D eigenvalue weighted by molar-refractivity contribution is 0.602. The fraction of sp³-hybridized carbons (Fsp3) is 0.0800. The average Bonchev–Trinajstić information content (AvgIpc) is 3.28. The summed E-state index contributed by atoms with van der Waals surface area (Å²) in [6.45, 7) is 1.84. The van der Waals surface area contributed by atoms with Gasteiger partial charge in [0.2, 0.25) is 0 Å². The molecule has 5 rings (SSSR count). The van der Waals surface area contributed by atoms with Gasteiger partial charge in [0, 0.05) is 22.9 Å². The van der Waals surface area contributed by atoms with Gasteiger partial charge in [0.05, 0.1) is 33.9 Å². The molecule has 168 valence electrons.